The van der Waals surface area contributed by atoms with Crippen molar-refractivity contribution in [3.63, 3.8) is 0 Å². The van der Waals surface area contributed by atoms with E-state index in [2.05, 4.69) is 5.32 Å². The zero-order valence-electron chi connectivity index (χ0n) is 13.3. The van der Waals surface area contributed by atoms with E-state index >= 15 is 0 Å². The number of ether oxygens (including phenoxy) is 1. The minimum Gasteiger partial charge on any atom is -0.376 e. The van der Waals surface area contributed by atoms with Crippen molar-refractivity contribution < 1.29 is 9.53 Å². The molecule has 1 fully saturated rings. The molecule has 4 heteroatoms. The number of nitrogens with zero attached hydrogens (tertiary/aromatic N) is 1. The fraction of sp³-hybridized carbons (Fsp3) is 0.474. The summed E-state index contributed by atoms with van der Waals surface area (Å²) < 4.78 is 5.61. The number of nitrogens with one attached hydrogen (secondary N) is 1. The Labute approximate surface area is 136 Å². The number of fused-ring (bicyclic) bond motifs is 2. The Morgan fingerprint density at radius 1 is 1.22 bits per heavy atom. The first kappa shape index (κ1) is 14.6. The van der Waals surface area contributed by atoms with Gasteiger partial charge in [-0.2, -0.15) is 0 Å². The van der Waals surface area contributed by atoms with Crippen molar-refractivity contribution in [3.05, 3.63) is 41.1 Å². The van der Waals surface area contributed by atoms with Gasteiger partial charge < -0.3 is 10.1 Å². The van der Waals surface area contributed by atoms with Crippen molar-refractivity contribution >= 4 is 16.8 Å². The third kappa shape index (κ3) is 2.83. The van der Waals surface area contributed by atoms with Gasteiger partial charge in [0.1, 0.15) is 0 Å². The molecule has 1 saturated heterocycles. The van der Waals surface area contributed by atoms with Crippen molar-refractivity contribution in [1.82, 2.24) is 10.3 Å². The summed E-state index contributed by atoms with van der Waals surface area (Å²) in [6.45, 7) is 1.42. The normalized spacial score (nSPS) is 20.4. The van der Waals surface area contributed by atoms with Gasteiger partial charge in [0, 0.05) is 24.2 Å². The topological polar surface area (TPSA) is 51.2 Å². The number of carbonyl (C=O) groups excluding carboxylic acids is 1. The Morgan fingerprint density at radius 3 is 2.96 bits per heavy atom. The lowest BCUT2D eigenvalue weighted by molar-refractivity contribution is 0.0858. The number of aromatic nitrogens is 1. The summed E-state index contributed by atoms with van der Waals surface area (Å²) in [4.78, 5) is 17.7. The number of rotatable bonds is 3. The van der Waals surface area contributed by atoms with Gasteiger partial charge in [0.05, 0.1) is 17.2 Å². The minimum atomic E-state index is 0.0252. The number of amides is 1. The fourth-order valence-electron chi connectivity index (χ4n) is 3.73. The van der Waals surface area contributed by atoms with Crippen LogP contribution >= 0.6 is 0 Å². The molecule has 1 N–H and O–H groups in total. The molecule has 23 heavy (non-hydrogen) atoms. The third-order valence-electron chi connectivity index (χ3n) is 4.91. The molecule has 1 aromatic carbocycles. The summed E-state index contributed by atoms with van der Waals surface area (Å²) in [5.41, 5.74) is 4.02. The molecule has 0 spiro atoms. The second-order valence-corrected chi connectivity index (χ2v) is 6.48. The summed E-state index contributed by atoms with van der Waals surface area (Å²) in [6, 6.07) is 7.98. The highest BCUT2D eigenvalue weighted by Crippen LogP contribution is 2.29. The monoisotopic (exact) mass is 310 g/mol. The first-order valence-electron chi connectivity index (χ1n) is 8.63. The summed E-state index contributed by atoms with van der Waals surface area (Å²) in [5.74, 6) is 0.0252. The zero-order valence-corrected chi connectivity index (χ0v) is 13.3. The molecule has 0 unspecified atom stereocenters. The Morgan fingerprint density at radius 2 is 2.09 bits per heavy atom. The fourth-order valence-corrected chi connectivity index (χ4v) is 3.73. The summed E-state index contributed by atoms with van der Waals surface area (Å²) in [5, 5.41) is 4.06. The van der Waals surface area contributed by atoms with Crippen molar-refractivity contribution in [1.29, 1.82) is 0 Å². The largest absolute Gasteiger partial charge is 0.376 e. The average Bonchev–Trinajstić information content (AvgIpc) is 3.11. The molecule has 2 aliphatic rings. The van der Waals surface area contributed by atoms with E-state index in [9.17, 15) is 4.79 Å². The molecule has 4 nitrogen and oxygen atoms in total. The minimum absolute atomic E-state index is 0.0252. The molecule has 2 aromatic rings. The van der Waals surface area contributed by atoms with Gasteiger partial charge in [-0.3, -0.25) is 9.78 Å². The molecule has 1 aromatic heterocycles. The van der Waals surface area contributed by atoms with Crippen molar-refractivity contribution in [2.75, 3.05) is 13.2 Å². The van der Waals surface area contributed by atoms with Crippen LogP contribution in [0.25, 0.3) is 10.9 Å². The SMILES string of the molecule is O=C(NC[C@H]1CCCO1)c1c2c(nc3ccccc13)CCCC2. The number of pyridine rings is 1. The van der Waals surface area contributed by atoms with Crippen LogP contribution in [0, 0.1) is 0 Å². The quantitative estimate of drug-likeness (QED) is 0.948. The molecule has 1 amide bonds. The second kappa shape index (κ2) is 6.28. The van der Waals surface area contributed by atoms with Gasteiger partial charge in [0.2, 0.25) is 0 Å². The molecular weight excluding hydrogens is 288 g/mol. The predicted molar refractivity (Wildman–Crippen MR) is 89.7 cm³/mol. The van der Waals surface area contributed by atoms with Crippen LogP contribution in [-0.2, 0) is 17.6 Å². The maximum absolute atomic E-state index is 12.9. The van der Waals surface area contributed by atoms with E-state index in [4.69, 9.17) is 9.72 Å². The van der Waals surface area contributed by atoms with Gasteiger partial charge in [0.25, 0.3) is 5.91 Å². The maximum Gasteiger partial charge on any atom is 0.252 e. The molecule has 1 aliphatic carbocycles. The lowest BCUT2D eigenvalue weighted by atomic mass is 9.89. The van der Waals surface area contributed by atoms with E-state index in [1.165, 1.54) is 0 Å². The van der Waals surface area contributed by atoms with E-state index < -0.39 is 0 Å². The number of carbonyl (C=O) groups is 1. The van der Waals surface area contributed by atoms with Gasteiger partial charge in [0.15, 0.2) is 0 Å². The Bertz CT molecular complexity index is 735. The molecule has 1 aliphatic heterocycles. The third-order valence-corrected chi connectivity index (χ3v) is 4.91. The molecule has 4 rings (SSSR count). The summed E-state index contributed by atoms with van der Waals surface area (Å²) in [6.07, 6.45) is 6.53. The molecule has 0 radical (unpaired) electrons. The van der Waals surface area contributed by atoms with Crippen LogP contribution in [0.15, 0.2) is 24.3 Å². The van der Waals surface area contributed by atoms with Gasteiger partial charge in [-0.15, -0.1) is 0 Å². The van der Waals surface area contributed by atoms with Crippen molar-refractivity contribution in [2.45, 2.75) is 44.6 Å². The summed E-state index contributed by atoms with van der Waals surface area (Å²) >= 11 is 0. The lowest BCUT2D eigenvalue weighted by Crippen LogP contribution is -2.33. The van der Waals surface area contributed by atoms with E-state index in [0.29, 0.717) is 6.54 Å². The molecule has 120 valence electrons. The van der Waals surface area contributed by atoms with Crippen LogP contribution in [0.1, 0.15) is 47.3 Å². The molecular formula is C19H22N2O2. The van der Waals surface area contributed by atoms with Crippen LogP contribution in [0.3, 0.4) is 0 Å². The zero-order chi connectivity index (χ0) is 15.6. The summed E-state index contributed by atoms with van der Waals surface area (Å²) in [7, 11) is 0. The molecule has 0 saturated carbocycles. The van der Waals surface area contributed by atoms with Gasteiger partial charge in [-0.25, -0.2) is 0 Å². The number of para-hydroxylation sites is 1. The Hall–Kier alpha value is -1.94. The number of aryl methyl sites for hydroxylation is 1. The first-order chi connectivity index (χ1) is 11.3. The smallest absolute Gasteiger partial charge is 0.252 e. The highest BCUT2D eigenvalue weighted by molar-refractivity contribution is 6.07. The van der Waals surface area contributed by atoms with Crippen LogP contribution in [0.2, 0.25) is 0 Å². The van der Waals surface area contributed by atoms with Crippen LogP contribution in [0.5, 0.6) is 0 Å². The Kier molecular flexibility index (Phi) is 4.00. The number of benzene rings is 1. The van der Waals surface area contributed by atoms with Crippen molar-refractivity contribution in [3.8, 4) is 0 Å². The first-order valence-corrected chi connectivity index (χ1v) is 8.63. The number of hydrogen-bond acceptors (Lipinski definition) is 3. The highest BCUT2D eigenvalue weighted by atomic mass is 16.5. The van der Waals surface area contributed by atoms with Crippen LogP contribution < -0.4 is 5.32 Å². The Balaban J connectivity index is 1.70. The molecule has 1 atom stereocenters. The van der Waals surface area contributed by atoms with E-state index in [1.807, 2.05) is 24.3 Å². The maximum atomic E-state index is 12.9. The lowest BCUT2D eigenvalue weighted by Gasteiger charge is -2.21. The van der Waals surface area contributed by atoms with Crippen LogP contribution in [0.4, 0.5) is 0 Å². The van der Waals surface area contributed by atoms with Gasteiger partial charge in [-0.1, -0.05) is 18.2 Å². The van der Waals surface area contributed by atoms with Gasteiger partial charge >= 0.3 is 0 Å². The molecule has 2 heterocycles. The van der Waals surface area contributed by atoms with E-state index in [-0.39, 0.29) is 12.0 Å². The number of hydrogen-bond donors (Lipinski definition) is 1. The van der Waals surface area contributed by atoms with E-state index in [0.717, 1.165) is 72.9 Å². The predicted octanol–water partition coefficient (Wildman–Crippen LogP) is 3.02. The highest BCUT2D eigenvalue weighted by Gasteiger charge is 2.23. The van der Waals surface area contributed by atoms with E-state index in [1.54, 1.807) is 0 Å². The standard InChI is InChI=1S/C19H22N2O2/c22-19(20-12-13-6-5-11-23-13)18-14-7-1-3-9-16(14)21-17-10-4-2-8-15(17)18/h1,3,7,9,13H,2,4-6,8,10-12H2,(H,20,22)/t13-/m1/s1. The average molecular weight is 310 g/mol. The second-order valence-electron chi connectivity index (χ2n) is 6.48. The van der Waals surface area contributed by atoms with Gasteiger partial charge in [-0.05, 0) is 50.2 Å². The van der Waals surface area contributed by atoms with Crippen LogP contribution in [-0.4, -0.2) is 30.1 Å². The van der Waals surface area contributed by atoms with Crippen molar-refractivity contribution in [2.24, 2.45) is 0 Å². The molecule has 0 bridgehead atoms.